The van der Waals surface area contributed by atoms with Gasteiger partial charge in [0.2, 0.25) is 5.91 Å². The first-order chi connectivity index (χ1) is 13.9. The number of likely N-dealkylation sites (N-methyl/N-ethyl adjacent to an activating group) is 1. The summed E-state index contributed by atoms with van der Waals surface area (Å²) in [6.45, 7) is 1.99. The molecule has 0 saturated carbocycles. The van der Waals surface area contributed by atoms with Gasteiger partial charge in [0.25, 0.3) is 5.91 Å². The smallest absolute Gasteiger partial charge is 0.265 e. The van der Waals surface area contributed by atoms with Gasteiger partial charge in [-0.3, -0.25) is 14.5 Å². The first-order valence-corrected chi connectivity index (χ1v) is 11.7. The molecule has 3 heterocycles. The first-order valence-electron chi connectivity index (χ1n) is 9.72. The molecule has 0 spiro atoms. The number of likely N-dealkylation sites (tertiary alicyclic amines) is 1. The summed E-state index contributed by atoms with van der Waals surface area (Å²) >= 11 is 10.1. The van der Waals surface area contributed by atoms with Crippen LogP contribution in [0.15, 0.2) is 33.8 Å². The fourth-order valence-electron chi connectivity index (χ4n) is 3.80. The molecule has 8 heteroatoms. The van der Waals surface area contributed by atoms with E-state index in [1.165, 1.54) is 29.5 Å². The Morgan fingerprint density at radius 2 is 1.97 bits per heavy atom. The minimum atomic E-state index is -0.0865. The number of hydrogen-bond acceptors (Lipinski definition) is 4. The van der Waals surface area contributed by atoms with Crippen LogP contribution >= 0.6 is 39.9 Å². The average molecular weight is 492 g/mol. The Labute approximate surface area is 188 Å². The molecule has 0 radical (unpaired) electrons. The van der Waals surface area contributed by atoms with Crippen molar-refractivity contribution in [2.75, 3.05) is 20.1 Å². The van der Waals surface area contributed by atoms with E-state index < -0.39 is 0 Å². The minimum absolute atomic E-state index is 0.0865. The highest BCUT2D eigenvalue weighted by atomic mass is 79.9. The third-order valence-corrected chi connectivity index (χ3v) is 7.39. The van der Waals surface area contributed by atoms with Crippen molar-refractivity contribution in [1.29, 1.82) is 0 Å². The Morgan fingerprint density at radius 1 is 1.24 bits per heavy atom. The number of halogens is 1. The lowest BCUT2D eigenvalue weighted by atomic mass is 10.1. The molecule has 0 bridgehead atoms. The minimum Gasteiger partial charge on any atom is -0.341 e. The lowest BCUT2D eigenvalue weighted by Crippen LogP contribution is -2.34. The molecule has 2 saturated heterocycles. The van der Waals surface area contributed by atoms with E-state index in [0.717, 1.165) is 46.9 Å². The van der Waals surface area contributed by atoms with Crippen molar-refractivity contribution in [2.24, 2.45) is 0 Å². The molecule has 4 rings (SSSR count). The summed E-state index contributed by atoms with van der Waals surface area (Å²) < 4.78 is 3.51. The number of benzene rings is 1. The Morgan fingerprint density at radius 3 is 2.62 bits per heavy atom. The third kappa shape index (κ3) is 4.29. The second-order valence-electron chi connectivity index (χ2n) is 7.41. The van der Waals surface area contributed by atoms with Crippen LogP contribution in [0.1, 0.15) is 31.2 Å². The average Bonchev–Trinajstić information content (AvgIpc) is 3.00. The van der Waals surface area contributed by atoms with E-state index in [9.17, 15) is 9.59 Å². The summed E-state index contributed by atoms with van der Waals surface area (Å²) in [6, 6.07) is 6.02. The molecule has 0 N–H and O–H groups in total. The van der Waals surface area contributed by atoms with Gasteiger partial charge >= 0.3 is 0 Å². The first kappa shape index (κ1) is 20.6. The molecule has 2 aromatic rings. The second kappa shape index (κ2) is 8.62. The van der Waals surface area contributed by atoms with E-state index in [1.54, 1.807) is 7.05 Å². The molecule has 0 unspecified atom stereocenters. The van der Waals surface area contributed by atoms with E-state index in [-0.39, 0.29) is 11.8 Å². The SMILES string of the molecule is CN1C(=O)/C(=C/c2cn(CC(=O)N3CCCCCC3)c3ccc(Br)cc23)SC1=S. The summed E-state index contributed by atoms with van der Waals surface area (Å²) in [5.41, 5.74) is 1.90. The van der Waals surface area contributed by atoms with Crippen molar-refractivity contribution in [3.63, 3.8) is 0 Å². The number of nitrogens with zero attached hydrogens (tertiary/aromatic N) is 3. The highest BCUT2D eigenvalue weighted by Crippen LogP contribution is 2.34. The van der Waals surface area contributed by atoms with Crippen molar-refractivity contribution in [3.8, 4) is 0 Å². The summed E-state index contributed by atoms with van der Waals surface area (Å²) in [7, 11) is 1.69. The van der Waals surface area contributed by atoms with Crippen molar-refractivity contribution in [3.05, 3.63) is 39.3 Å². The van der Waals surface area contributed by atoms with Crippen LogP contribution in [0.3, 0.4) is 0 Å². The number of fused-ring (bicyclic) bond motifs is 1. The predicted octanol–water partition coefficient (Wildman–Crippen LogP) is 4.64. The molecule has 152 valence electrons. The fraction of sp³-hybridized carbons (Fsp3) is 0.381. The number of carbonyl (C=O) groups is 2. The van der Waals surface area contributed by atoms with Crippen molar-refractivity contribution >= 4 is 73.0 Å². The van der Waals surface area contributed by atoms with Crippen LogP contribution in [-0.2, 0) is 16.1 Å². The molecule has 5 nitrogen and oxygen atoms in total. The summed E-state index contributed by atoms with van der Waals surface area (Å²) in [5.74, 6) is 0.0645. The van der Waals surface area contributed by atoms with Crippen LogP contribution in [0.4, 0.5) is 0 Å². The highest BCUT2D eigenvalue weighted by molar-refractivity contribution is 9.10. The molecule has 0 atom stereocenters. The van der Waals surface area contributed by atoms with Gasteiger partial charge in [-0.05, 0) is 37.1 Å². The largest absolute Gasteiger partial charge is 0.341 e. The Balaban J connectivity index is 1.68. The molecule has 2 amide bonds. The van der Waals surface area contributed by atoms with Crippen molar-refractivity contribution < 1.29 is 9.59 Å². The molecule has 1 aromatic heterocycles. The Kier molecular flexibility index (Phi) is 6.13. The predicted molar refractivity (Wildman–Crippen MR) is 126 cm³/mol. The second-order valence-corrected chi connectivity index (χ2v) is 10.0. The molecule has 0 aliphatic carbocycles. The van der Waals surface area contributed by atoms with Crippen LogP contribution in [-0.4, -0.2) is 50.6 Å². The molecule has 2 aliphatic heterocycles. The molecule has 29 heavy (non-hydrogen) atoms. The molecule has 2 fully saturated rings. The summed E-state index contributed by atoms with van der Waals surface area (Å²) in [4.78, 5) is 29.4. The van der Waals surface area contributed by atoms with Crippen LogP contribution in [0.25, 0.3) is 17.0 Å². The summed E-state index contributed by atoms with van der Waals surface area (Å²) in [6.07, 6.45) is 8.40. The van der Waals surface area contributed by atoms with Crippen LogP contribution in [0, 0.1) is 0 Å². The van der Waals surface area contributed by atoms with Crippen LogP contribution in [0.2, 0.25) is 0 Å². The van der Waals surface area contributed by atoms with Gasteiger partial charge in [0.1, 0.15) is 10.9 Å². The van der Waals surface area contributed by atoms with E-state index in [2.05, 4.69) is 15.9 Å². The van der Waals surface area contributed by atoms with Gasteiger partial charge in [0, 0.05) is 47.3 Å². The lowest BCUT2D eigenvalue weighted by Gasteiger charge is -2.20. The standard InChI is InChI=1S/C21H22BrN3O2S2/c1-23-20(27)18(29-21(23)28)10-14-12-25(17-7-6-15(22)11-16(14)17)13-19(26)24-8-4-2-3-5-9-24/h6-7,10-12H,2-5,8-9,13H2,1H3/b18-10-. The number of amides is 2. The van der Waals surface area contributed by atoms with Gasteiger partial charge in [0.05, 0.1) is 4.91 Å². The Hall–Kier alpha value is -1.64. The number of carbonyl (C=O) groups excluding carboxylic acids is 2. The van der Waals surface area contributed by atoms with Gasteiger partial charge in [-0.25, -0.2) is 0 Å². The van der Waals surface area contributed by atoms with Crippen LogP contribution in [0.5, 0.6) is 0 Å². The van der Waals surface area contributed by atoms with Gasteiger partial charge in [-0.1, -0.05) is 52.8 Å². The van der Waals surface area contributed by atoms with Crippen molar-refractivity contribution in [2.45, 2.75) is 32.2 Å². The quantitative estimate of drug-likeness (QED) is 0.463. The van der Waals surface area contributed by atoms with Gasteiger partial charge in [-0.15, -0.1) is 0 Å². The topological polar surface area (TPSA) is 45.6 Å². The normalized spacial score (nSPS) is 19.4. The third-order valence-electron chi connectivity index (χ3n) is 5.41. The summed E-state index contributed by atoms with van der Waals surface area (Å²) in [5, 5.41) is 1.00. The number of hydrogen-bond donors (Lipinski definition) is 0. The zero-order valence-corrected chi connectivity index (χ0v) is 19.4. The van der Waals surface area contributed by atoms with E-state index in [1.807, 2.05) is 39.9 Å². The Bertz CT molecular complexity index is 1020. The fourth-order valence-corrected chi connectivity index (χ4v) is 5.33. The molecular formula is C21H22BrN3O2S2. The molecular weight excluding hydrogens is 470 g/mol. The zero-order chi connectivity index (χ0) is 20.5. The zero-order valence-electron chi connectivity index (χ0n) is 16.2. The van der Waals surface area contributed by atoms with Gasteiger partial charge in [0.15, 0.2) is 0 Å². The molecule has 1 aromatic carbocycles. The maximum atomic E-state index is 12.9. The van der Waals surface area contributed by atoms with Crippen molar-refractivity contribution in [1.82, 2.24) is 14.4 Å². The van der Waals surface area contributed by atoms with Crippen LogP contribution < -0.4 is 0 Å². The number of thioether (sulfide) groups is 1. The molecule has 2 aliphatic rings. The lowest BCUT2D eigenvalue weighted by molar-refractivity contribution is -0.131. The maximum absolute atomic E-state index is 12.9. The van der Waals surface area contributed by atoms with E-state index in [0.29, 0.717) is 15.8 Å². The van der Waals surface area contributed by atoms with Gasteiger partial charge < -0.3 is 9.47 Å². The highest BCUT2D eigenvalue weighted by Gasteiger charge is 2.29. The van der Waals surface area contributed by atoms with Gasteiger partial charge in [-0.2, -0.15) is 0 Å². The number of thiocarbonyl (C=S) groups is 1. The maximum Gasteiger partial charge on any atom is 0.265 e. The monoisotopic (exact) mass is 491 g/mol. The van der Waals surface area contributed by atoms with E-state index in [4.69, 9.17) is 12.2 Å². The number of rotatable bonds is 3. The van der Waals surface area contributed by atoms with E-state index >= 15 is 0 Å². The number of aromatic nitrogens is 1.